The normalized spacial score (nSPS) is 19.6. The molecule has 0 bridgehead atoms. The third kappa shape index (κ3) is 6.04. The van der Waals surface area contributed by atoms with Crippen LogP contribution in [0.4, 0.5) is 0 Å². The molecule has 0 aromatic heterocycles. The molecular weight excluding hydrogens is 335 g/mol. The fraction of sp³-hybridized carbons (Fsp3) is 0.529. The van der Waals surface area contributed by atoms with Gasteiger partial charge in [-0.1, -0.05) is 36.5 Å². The molecule has 1 saturated carbocycles. The predicted molar refractivity (Wildman–Crippen MR) is 94.4 cm³/mol. The monoisotopic (exact) mass is 356 g/mol. The molecule has 4 nitrogen and oxygen atoms in total. The van der Waals surface area contributed by atoms with Gasteiger partial charge in [0, 0.05) is 17.2 Å². The Kier molecular flexibility index (Phi) is 7.18. The standard InChI is InChI=1S/C17H22Cl2N2O2/c1-12-5-2-3-6-15(12)20-21-17(22)7-4-10-23-16-9-8-13(18)11-14(16)19/h8-9,11-12H,2-7,10H2,1H3,(H,21,22)/t12-/m0/s1. The summed E-state index contributed by atoms with van der Waals surface area (Å²) in [5.74, 6) is 0.966. The highest BCUT2D eigenvalue weighted by Crippen LogP contribution is 2.27. The number of carbonyl (C=O) groups is 1. The van der Waals surface area contributed by atoms with Gasteiger partial charge in [-0.05, 0) is 49.8 Å². The van der Waals surface area contributed by atoms with Crippen molar-refractivity contribution in [2.75, 3.05) is 6.61 Å². The van der Waals surface area contributed by atoms with E-state index in [1.165, 1.54) is 6.42 Å². The van der Waals surface area contributed by atoms with Crippen molar-refractivity contribution in [3.05, 3.63) is 28.2 Å². The van der Waals surface area contributed by atoms with Crippen molar-refractivity contribution < 1.29 is 9.53 Å². The summed E-state index contributed by atoms with van der Waals surface area (Å²) in [5.41, 5.74) is 3.76. The summed E-state index contributed by atoms with van der Waals surface area (Å²) in [4.78, 5) is 11.8. The van der Waals surface area contributed by atoms with Crippen molar-refractivity contribution in [1.82, 2.24) is 5.43 Å². The van der Waals surface area contributed by atoms with Gasteiger partial charge in [-0.25, -0.2) is 5.43 Å². The Hall–Kier alpha value is -1.26. The van der Waals surface area contributed by atoms with Crippen LogP contribution in [0.1, 0.15) is 45.4 Å². The summed E-state index contributed by atoms with van der Waals surface area (Å²) in [6.07, 6.45) is 5.53. The van der Waals surface area contributed by atoms with Gasteiger partial charge in [-0.2, -0.15) is 5.10 Å². The number of nitrogens with one attached hydrogen (secondary N) is 1. The zero-order valence-electron chi connectivity index (χ0n) is 13.3. The number of hydrazone groups is 1. The molecule has 0 spiro atoms. The SMILES string of the molecule is C[C@H]1CCCCC1=NNC(=O)CCCOc1ccc(Cl)cc1Cl. The smallest absolute Gasteiger partial charge is 0.240 e. The van der Waals surface area contributed by atoms with Crippen LogP contribution in [0.3, 0.4) is 0 Å². The third-order valence-corrected chi connectivity index (χ3v) is 4.44. The molecule has 1 N–H and O–H groups in total. The van der Waals surface area contributed by atoms with Gasteiger partial charge in [0.2, 0.25) is 5.91 Å². The maximum absolute atomic E-state index is 11.8. The number of nitrogens with zero attached hydrogens (tertiary/aromatic N) is 1. The zero-order chi connectivity index (χ0) is 16.7. The molecular formula is C17H22Cl2N2O2. The lowest BCUT2D eigenvalue weighted by atomic mass is 9.89. The van der Waals surface area contributed by atoms with Crippen LogP contribution in [-0.2, 0) is 4.79 Å². The van der Waals surface area contributed by atoms with Crippen LogP contribution >= 0.6 is 23.2 Å². The van der Waals surface area contributed by atoms with Gasteiger partial charge in [0.25, 0.3) is 0 Å². The summed E-state index contributed by atoms with van der Waals surface area (Å²) < 4.78 is 5.55. The fourth-order valence-electron chi connectivity index (χ4n) is 2.53. The highest BCUT2D eigenvalue weighted by atomic mass is 35.5. The quantitative estimate of drug-likeness (QED) is 0.585. The highest BCUT2D eigenvalue weighted by molar-refractivity contribution is 6.35. The number of carbonyl (C=O) groups excluding carboxylic acids is 1. The van der Waals surface area contributed by atoms with Gasteiger partial charge < -0.3 is 4.74 Å². The minimum absolute atomic E-state index is 0.0823. The van der Waals surface area contributed by atoms with Crippen molar-refractivity contribution in [3.63, 3.8) is 0 Å². The number of rotatable bonds is 6. The highest BCUT2D eigenvalue weighted by Gasteiger charge is 2.16. The number of amides is 1. The van der Waals surface area contributed by atoms with Crippen molar-refractivity contribution in [1.29, 1.82) is 0 Å². The molecule has 1 amide bonds. The lowest BCUT2D eigenvalue weighted by Crippen LogP contribution is -2.24. The summed E-state index contributed by atoms with van der Waals surface area (Å²) >= 11 is 11.8. The molecule has 2 rings (SSSR count). The maximum atomic E-state index is 11.8. The molecule has 1 aromatic carbocycles. The van der Waals surface area contributed by atoms with Crippen LogP contribution in [-0.4, -0.2) is 18.2 Å². The minimum Gasteiger partial charge on any atom is -0.492 e. The second kappa shape index (κ2) is 9.14. The molecule has 0 saturated heterocycles. The maximum Gasteiger partial charge on any atom is 0.240 e. The van der Waals surface area contributed by atoms with Crippen molar-refractivity contribution in [3.8, 4) is 5.75 Å². The van der Waals surface area contributed by atoms with E-state index in [-0.39, 0.29) is 5.91 Å². The topological polar surface area (TPSA) is 50.7 Å². The number of ether oxygens (including phenoxy) is 1. The molecule has 0 radical (unpaired) electrons. The Morgan fingerprint density at radius 2 is 2.22 bits per heavy atom. The Morgan fingerprint density at radius 1 is 1.39 bits per heavy atom. The number of hydrogen-bond acceptors (Lipinski definition) is 3. The van der Waals surface area contributed by atoms with E-state index in [1.807, 2.05) is 0 Å². The van der Waals surface area contributed by atoms with E-state index in [1.54, 1.807) is 18.2 Å². The molecule has 0 unspecified atom stereocenters. The van der Waals surface area contributed by atoms with E-state index in [2.05, 4.69) is 17.5 Å². The fourth-order valence-corrected chi connectivity index (χ4v) is 3.00. The summed E-state index contributed by atoms with van der Waals surface area (Å²) in [6, 6.07) is 5.07. The first-order valence-electron chi connectivity index (χ1n) is 7.99. The Bertz CT molecular complexity index is 576. The van der Waals surface area contributed by atoms with Crippen molar-refractivity contribution in [2.45, 2.75) is 45.4 Å². The molecule has 1 aliphatic rings. The van der Waals surface area contributed by atoms with Crippen LogP contribution in [0.2, 0.25) is 10.0 Å². The van der Waals surface area contributed by atoms with E-state index < -0.39 is 0 Å². The molecule has 0 aliphatic heterocycles. The van der Waals surface area contributed by atoms with Crippen LogP contribution in [0, 0.1) is 5.92 Å². The minimum atomic E-state index is -0.0823. The third-order valence-electron chi connectivity index (χ3n) is 3.91. The molecule has 1 aromatic rings. The van der Waals surface area contributed by atoms with Gasteiger partial charge >= 0.3 is 0 Å². The molecule has 23 heavy (non-hydrogen) atoms. The van der Waals surface area contributed by atoms with E-state index in [0.29, 0.717) is 41.2 Å². The van der Waals surface area contributed by atoms with Gasteiger partial charge in [0.1, 0.15) is 5.75 Å². The van der Waals surface area contributed by atoms with Crippen molar-refractivity contribution >= 4 is 34.8 Å². The van der Waals surface area contributed by atoms with Gasteiger partial charge in [-0.3, -0.25) is 4.79 Å². The summed E-state index contributed by atoms with van der Waals surface area (Å²) in [6.45, 7) is 2.58. The Morgan fingerprint density at radius 3 is 2.96 bits per heavy atom. The van der Waals surface area contributed by atoms with Crippen LogP contribution in [0.15, 0.2) is 23.3 Å². The van der Waals surface area contributed by atoms with Gasteiger partial charge in [-0.15, -0.1) is 0 Å². The van der Waals surface area contributed by atoms with E-state index in [4.69, 9.17) is 27.9 Å². The molecule has 1 aliphatic carbocycles. The van der Waals surface area contributed by atoms with Gasteiger partial charge in [0.15, 0.2) is 0 Å². The van der Waals surface area contributed by atoms with Crippen LogP contribution in [0.5, 0.6) is 5.75 Å². The predicted octanol–water partition coefficient (Wildman–Crippen LogP) is 4.83. The van der Waals surface area contributed by atoms with E-state index in [0.717, 1.165) is 25.0 Å². The van der Waals surface area contributed by atoms with Crippen LogP contribution < -0.4 is 10.2 Å². The van der Waals surface area contributed by atoms with Gasteiger partial charge in [0.05, 0.1) is 11.6 Å². The lowest BCUT2D eigenvalue weighted by molar-refractivity contribution is -0.121. The molecule has 6 heteroatoms. The second-order valence-electron chi connectivity index (χ2n) is 5.81. The van der Waals surface area contributed by atoms with Crippen molar-refractivity contribution in [2.24, 2.45) is 11.0 Å². The molecule has 126 valence electrons. The average molecular weight is 357 g/mol. The number of hydrogen-bond donors (Lipinski definition) is 1. The molecule has 1 fully saturated rings. The van der Waals surface area contributed by atoms with E-state index >= 15 is 0 Å². The Labute approximate surface area is 147 Å². The van der Waals surface area contributed by atoms with Crippen LogP contribution in [0.25, 0.3) is 0 Å². The molecule has 1 atom stereocenters. The second-order valence-corrected chi connectivity index (χ2v) is 6.66. The first kappa shape index (κ1) is 18.1. The molecule has 0 heterocycles. The first-order chi connectivity index (χ1) is 11.1. The average Bonchev–Trinajstić information content (AvgIpc) is 2.52. The largest absolute Gasteiger partial charge is 0.492 e. The summed E-state index contributed by atoms with van der Waals surface area (Å²) in [5, 5.41) is 5.30. The number of halogens is 2. The van der Waals surface area contributed by atoms with E-state index in [9.17, 15) is 4.79 Å². The first-order valence-corrected chi connectivity index (χ1v) is 8.75. The Balaban J connectivity index is 1.67. The summed E-state index contributed by atoms with van der Waals surface area (Å²) in [7, 11) is 0. The number of benzene rings is 1. The zero-order valence-corrected chi connectivity index (χ0v) is 14.8. The lowest BCUT2D eigenvalue weighted by Gasteiger charge is -2.19.